The summed E-state index contributed by atoms with van der Waals surface area (Å²) in [7, 11) is 0. The van der Waals surface area contributed by atoms with Gasteiger partial charge in [-0.2, -0.15) is 0 Å². The van der Waals surface area contributed by atoms with E-state index in [2.05, 4.69) is 0 Å². The van der Waals surface area contributed by atoms with Crippen LogP contribution in [0.2, 0.25) is 0 Å². The van der Waals surface area contributed by atoms with Crippen molar-refractivity contribution < 1.29 is 19.8 Å². The van der Waals surface area contributed by atoms with Crippen LogP contribution in [-0.4, -0.2) is 34.7 Å². The average molecular weight is 249 g/mol. The molecule has 1 aromatic rings. The van der Waals surface area contributed by atoms with E-state index in [4.69, 9.17) is 5.11 Å². The normalized spacial score (nSPS) is 19.3. The number of hydrogen-bond donors (Lipinski definition) is 2. The molecular weight excluding hydrogens is 234 g/mol. The molecule has 5 heteroatoms. The number of aryl methyl sites for hydroxylation is 1. The van der Waals surface area contributed by atoms with E-state index in [1.807, 2.05) is 12.1 Å². The Morgan fingerprint density at radius 3 is 2.50 bits per heavy atom. The van der Waals surface area contributed by atoms with Crippen LogP contribution in [0, 0.1) is 0 Å². The fraction of sp³-hybridized carbons (Fsp3) is 0.385. The Morgan fingerprint density at radius 1 is 1.33 bits per heavy atom. The Hall–Kier alpha value is -1.88. The highest BCUT2D eigenvalue weighted by atomic mass is 16.4. The second-order valence-corrected chi connectivity index (χ2v) is 4.42. The zero-order valence-corrected chi connectivity index (χ0v) is 9.87. The SMILES string of the molecule is O=C(O)CCc1ccc(N2CC(O)CC2=O)cc1. The van der Waals surface area contributed by atoms with Crippen molar-refractivity contribution in [3.8, 4) is 0 Å². The van der Waals surface area contributed by atoms with Crippen molar-refractivity contribution in [2.45, 2.75) is 25.4 Å². The van der Waals surface area contributed by atoms with E-state index in [0.717, 1.165) is 11.3 Å². The molecule has 0 bridgehead atoms. The van der Waals surface area contributed by atoms with E-state index in [0.29, 0.717) is 13.0 Å². The highest BCUT2D eigenvalue weighted by molar-refractivity contribution is 5.96. The summed E-state index contributed by atoms with van der Waals surface area (Å²) in [5.74, 6) is -0.905. The molecule has 0 saturated carbocycles. The van der Waals surface area contributed by atoms with E-state index in [1.54, 1.807) is 17.0 Å². The highest BCUT2D eigenvalue weighted by Gasteiger charge is 2.28. The minimum atomic E-state index is -0.822. The van der Waals surface area contributed by atoms with Crippen LogP contribution >= 0.6 is 0 Å². The number of carboxylic acid groups (broad SMARTS) is 1. The number of carboxylic acids is 1. The first-order chi connectivity index (χ1) is 8.56. The van der Waals surface area contributed by atoms with E-state index < -0.39 is 12.1 Å². The summed E-state index contributed by atoms with van der Waals surface area (Å²) in [6, 6.07) is 7.20. The molecule has 2 N–H and O–H groups in total. The predicted octanol–water partition coefficient (Wildman–Crippen LogP) is 0.801. The largest absolute Gasteiger partial charge is 0.481 e. The number of aliphatic carboxylic acids is 1. The van der Waals surface area contributed by atoms with Crippen LogP contribution in [0.25, 0.3) is 0 Å². The van der Waals surface area contributed by atoms with Crippen LogP contribution in [0.5, 0.6) is 0 Å². The van der Waals surface area contributed by atoms with Crippen molar-refractivity contribution in [3.05, 3.63) is 29.8 Å². The number of aliphatic hydroxyl groups is 1. The van der Waals surface area contributed by atoms with Gasteiger partial charge in [-0.3, -0.25) is 9.59 Å². The van der Waals surface area contributed by atoms with Gasteiger partial charge in [-0.1, -0.05) is 12.1 Å². The van der Waals surface area contributed by atoms with Gasteiger partial charge < -0.3 is 15.1 Å². The highest BCUT2D eigenvalue weighted by Crippen LogP contribution is 2.22. The van der Waals surface area contributed by atoms with Crippen molar-refractivity contribution in [1.82, 2.24) is 0 Å². The summed E-state index contributed by atoms with van der Waals surface area (Å²) >= 11 is 0. The maximum absolute atomic E-state index is 11.6. The molecule has 1 atom stereocenters. The van der Waals surface area contributed by atoms with Crippen molar-refractivity contribution in [1.29, 1.82) is 0 Å². The number of anilines is 1. The van der Waals surface area contributed by atoms with Crippen molar-refractivity contribution >= 4 is 17.6 Å². The molecule has 5 nitrogen and oxygen atoms in total. The number of β-amino-alcohol motifs (C(OH)–C–C–N with tert-alkyl or cyclic N) is 1. The fourth-order valence-electron chi connectivity index (χ4n) is 2.03. The maximum Gasteiger partial charge on any atom is 0.303 e. The van der Waals surface area contributed by atoms with Crippen LogP contribution in [0.4, 0.5) is 5.69 Å². The van der Waals surface area contributed by atoms with Crippen LogP contribution in [0.1, 0.15) is 18.4 Å². The fourth-order valence-corrected chi connectivity index (χ4v) is 2.03. The molecular formula is C13H15NO4. The Kier molecular flexibility index (Phi) is 3.62. The summed E-state index contributed by atoms with van der Waals surface area (Å²) in [6.07, 6.45) is 0.150. The van der Waals surface area contributed by atoms with E-state index in [-0.39, 0.29) is 18.7 Å². The van der Waals surface area contributed by atoms with Gasteiger partial charge in [0.2, 0.25) is 5.91 Å². The van der Waals surface area contributed by atoms with Crippen LogP contribution in [0.3, 0.4) is 0 Å². The Labute approximate surface area is 105 Å². The molecule has 1 aliphatic heterocycles. The molecule has 0 aromatic heterocycles. The summed E-state index contributed by atoms with van der Waals surface area (Å²) in [5.41, 5.74) is 1.67. The predicted molar refractivity (Wildman–Crippen MR) is 65.4 cm³/mol. The lowest BCUT2D eigenvalue weighted by atomic mass is 10.1. The first-order valence-electron chi connectivity index (χ1n) is 5.85. The van der Waals surface area contributed by atoms with Gasteiger partial charge >= 0.3 is 5.97 Å². The lowest BCUT2D eigenvalue weighted by molar-refractivity contribution is -0.137. The zero-order valence-electron chi connectivity index (χ0n) is 9.87. The maximum atomic E-state index is 11.6. The quantitative estimate of drug-likeness (QED) is 0.827. The molecule has 2 rings (SSSR count). The van der Waals surface area contributed by atoms with E-state index in [9.17, 15) is 14.7 Å². The van der Waals surface area contributed by atoms with E-state index >= 15 is 0 Å². The number of carbonyl (C=O) groups is 2. The summed E-state index contributed by atoms with van der Waals surface area (Å²) in [6.45, 7) is 0.327. The Morgan fingerprint density at radius 2 is 2.00 bits per heavy atom. The number of amides is 1. The van der Waals surface area contributed by atoms with Gasteiger partial charge in [0.25, 0.3) is 0 Å². The second kappa shape index (κ2) is 5.18. The first-order valence-corrected chi connectivity index (χ1v) is 5.85. The third-order valence-electron chi connectivity index (χ3n) is 2.98. The average Bonchev–Trinajstić information content (AvgIpc) is 2.66. The van der Waals surface area contributed by atoms with Crippen molar-refractivity contribution in [2.24, 2.45) is 0 Å². The lowest BCUT2D eigenvalue weighted by Crippen LogP contribution is -2.25. The van der Waals surface area contributed by atoms with Crippen LogP contribution < -0.4 is 4.90 Å². The number of hydrogen-bond acceptors (Lipinski definition) is 3. The molecule has 18 heavy (non-hydrogen) atoms. The van der Waals surface area contributed by atoms with Crippen LogP contribution in [-0.2, 0) is 16.0 Å². The molecule has 1 fully saturated rings. The molecule has 0 aliphatic carbocycles. The minimum absolute atomic E-state index is 0.0826. The summed E-state index contributed by atoms with van der Waals surface area (Å²) < 4.78 is 0. The third-order valence-corrected chi connectivity index (χ3v) is 2.98. The lowest BCUT2D eigenvalue weighted by Gasteiger charge is -2.16. The topological polar surface area (TPSA) is 77.8 Å². The molecule has 1 amide bonds. The molecule has 1 heterocycles. The molecule has 0 radical (unpaired) electrons. The Bertz CT molecular complexity index is 455. The first kappa shape index (κ1) is 12.6. The molecule has 1 aliphatic rings. The van der Waals surface area contributed by atoms with Gasteiger partial charge in [-0.25, -0.2) is 0 Å². The van der Waals surface area contributed by atoms with Crippen molar-refractivity contribution in [2.75, 3.05) is 11.4 Å². The number of benzene rings is 1. The minimum Gasteiger partial charge on any atom is -0.481 e. The molecule has 1 aromatic carbocycles. The number of rotatable bonds is 4. The van der Waals surface area contributed by atoms with E-state index in [1.165, 1.54) is 0 Å². The standard InChI is InChI=1S/C13H15NO4/c15-11-7-12(16)14(8-11)10-4-1-9(2-5-10)3-6-13(17)18/h1-2,4-5,11,15H,3,6-8H2,(H,17,18). The third kappa shape index (κ3) is 2.87. The monoisotopic (exact) mass is 249 g/mol. The molecule has 1 unspecified atom stereocenters. The van der Waals surface area contributed by atoms with Gasteiger partial charge in [0.05, 0.1) is 19.1 Å². The van der Waals surface area contributed by atoms with Gasteiger partial charge in [0.15, 0.2) is 0 Å². The molecule has 0 spiro atoms. The Balaban J connectivity index is 2.03. The number of nitrogens with zero attached hydrogens (tertiary/aromatic N) is 1. The number of carbonyl (C=O) groups excluding carboxylic acids is 1. The van der Waals surface area contributed by atoms with Gasteiger partial charge in [-0.15, -0.1) is 0 Å². The smallest absolute Gasteiger partial charge is 0.303 e. The second-order valence-electron chi connectivity index (χ2n) is 4.42. The van der Waals surface area contributed by atoms with Crippen molar-refractivity contribution in [3.63, 3.8) is 0 Å². The zero-order chi connectivity index (χ0) is 13.1. The molecule has 1 saturated heterocycles. The van der Waals surface area contributed by atoms with Crippen LogP contribution in [0.15, 0.2) is 24.3 Å². The number of aliphatic hydroxyl groups excluding tert-OH is 1. The summed E-state index contributed by atoms with van der Waals surface area (Å²) in [5, 5.41) is 18.0. The molecule has 96 valence electrons. The van der Waals surface area contributed by atoms with Gasteiger partial charge in [-0.05, 0) is 24.1 Å². The van der Waals surface area contributed by atoms with Gasteiger partial charge in [0.1, 0.15) is 0 Å². The van der Waals surface area contributed by atoms with Gasteiger partial charge in [0, 0.05) is 12.1 Å². The summed E-state index contributed by atoms with van der Waals surface area (Å²) in [4.78, 5) is 23.6.